The second-order valence-corrected chi connectivity index (χ2v) is 19.5. The molecule has 0 fully saturated rings. The molecule has 0 bridgehead atoms. The second kappa shape index (κ2) is 11.2. The number of fused-ring (bicyclic) bond motifs is 2. The van der Waals surface area contributed by atoms with E-state index in [2.05, 4.69) is 25.7 Å². The fourth-order valence-corrected chi connectivity index (χ4v) is 7.48. The summed E-state index contributed by atoms with van der Waals surface area (Å²) in [5.41, 5.74) is 5.45. The largest absolute Gasteiger partial charge is 0.380 e. The SMILES string of the molecule is Cc1ccc(S(=O)(=O)n2ccc3c(C(O)c4nc5cc(C#N)ccc5n4COCC[Si](C)(C)C)c(C)cc(C)c32)cc1. The van der Waals surface area contributed by atoms with Crippen LogP contribution < -0.4 is 0 Å². The summed E-state index contributed by atoms with van der Waals surface area (Å²) in [7, 11) is -5.18. The Balaban J connectivity index is 1.64. The highest BCUT2D eigenvalue weighted by Gasteiger charge is 2.28. The van der Waals surface area contributed by atoms with Crippen LogP contribution in [0.25, 0.3) is 21.9 Å². The Hall–Kier alpha value is -3.75. The maximum Gasteiger partial charge on any atom is 0.268 e. The fraction of sp³-hybridized carbons (Fsp3) is 0.312. The van der Waals surface area contributed by atoms with Gasteiger partial charge in [-0.05, 0) is 74.3 Å². The van der Waals surface area contributed by atoms with Crippen LogP contribution in [0.1, 0.15) is 39.7 Å². The maximum atomic E-state index is 13.7. The Labute approximate surface area is 247 Å². The number of nitrogens with zero attached hydrogens (tertiary/aromatic N) is 4. The van der Waals surface area contributed by atoms with Gasteiger partial charge in [-0.15, -0.1) is 0 Å². The number of aliphatic hydroxyl groups is 1. The van der Waals surface area contributed by atoms with Crippen molar-refractivity contribution in [3.05, 3.63) is 94.4 Å². The third kappa shape index (κ3) is 5.53. The molecule has 2 heterocycles. The van der Waals surface area contributed by atoms with Crippen LogP contribution >= 0.6 is 0 Å². The van der Waals surface area contributed by atoms with E-state index in [1.807, 2.05) is 37.5 Å². The lowest BCUT2D eigenvalue weighted by molar-refractivity contribution is 0.0815. The summed E-state index contributed by atoms with van der Waals surface area (Å²) in [5, 5.41) is 22.0. The smallest absolute Gasteiger partial charge is 0.268 e. The molecule has 8 nitrogen and oxygen atoms in total. The standard InChI is InChI=1S/C32H36N4O4SSi/c1-21-7-10-25(11-8-21)41(38,39)36-14-13-26-29(22(2)17-23(3)30(26)36)31(37)32-34-27-18-24(19-33)9-12-28(27)35(32)20-40-15-16-42(4,5)6/h7-14,17-18,31,37H,15-16,20H2,1-6H3. The highest BCUT2D eigenvalue weighted by molar-refractivity contribution is 7.90. The normalized spacial score (nSPS) is 13.1. The Bertz CT molecular complexity index is 1950. The van der Waals surface area contributed by atoms with Crippen molar-refractivity contribution in [1.82, 2.24) is 13.5 Å². The molecule has 1 N–H and O–H groups in total. The van der Waals surface area contributed by atoms with Gasteiger partial charge in [-0.25, -0.2) is 17.4 Å². The third-order valence-corrected chi connectivity index (χ3v) is 11.0. The van der Waals surface area contributed by atoms with Gasteiger partial charge in [0.05, 0.1) is 33.1 Å². The van der Waals surface area contributed by atoms with Gasteiger partial charge in [0, 0.05) is 31.8 Å². The lowest BCUT2D eigenvalue weighted by Gasteiger charge is -2.20. The monoisotopic (exact) mass is 600 g/mol. The van der Waals surface area contributed by atoms with Crippen molar-refractivity contribution in [2.75, 3.05) is 6.61 Å². The molecule has 10 heteroatoms. The first-order valence-corrected chi connectivity index (χ1v) is 19.1. The van der Waals surface area contributed by atoms with Crippen molar-refractivity contribution in [3.63, 3.8) is 0 Å². The van der Waals surface area contributed by atoms with Gasteiger partial charge >= 0.3 is 0 Å². The quantitative estimate of drug-likeness (QED) is 0.154. The molecule has 0 saturated heterocycles. The number of aliphatic hydroxyl groups excluding tert-OH is 1. The molecule has 1 unspecified atom stereocenters. The predicted octanol–water partition coefficient (Wildman–Crippen LogP) is 6.42. The van der Waals surface area contributed by atoms with Crippen molar-refractivity contribution in [3.8, 4) is 6.07 Å². The number of rotatable bonds is 9. The van der Waals surface area contributed by atoms with Crippen LogP contribution in [0.4, 0.5) is 0 Å². The van der Waals surface area contributed by atoms with E-state index in [0.29, 0.717) is 40.0 Å². The van der Waals surface area contributed by atoms with Crippen LogP contribution in [0, 0.1) is 32.1 Å². The summed E-state index contributed by atoms with van der Waals surface area (Å²) in [6, 6.07) is 18.8. The van der Waals surface area contributed by atoms with Crippen molar-refractivity contribution in [1.29, 1.82) is 5.26 Å². The van der Waals surface area contributed by atoms with E-state index in [1.165, 1.54) is 3.97 Å². The number of aromatic nitrogens is 3. The van der Waals surface area contributed by atoms with E-state index in [0.717, 1.165) is 28.3 Å². The van der Waals surface area contributed by atoms with Gasteiger partial charge in [-0.2, -0.15) is 5.26 Å². The average molecular weight is 601 g/mol. The topological polar surface area (TPSA) is 110 Å². The maximum absolute atomic E-state index is 13.7. The van der Waals surface area contributed by atoms with Crippen LogP contribution in [-0.2, 0) is 21.5 Å². The Morgan fingerprint density at radius 3 is 2.40 bits per heavy atom. The molecule has 0 aliphatic rings. The zero-order valence-electron chi connectivity index (χ0n) is 24.8. The molecule has 0 saturated carbocycles. The number of hydrogen-bond acceptors (Lipinski definition) is 6. The third-order valence-electron chi connectivity index (χ3n) is 7.59. The lowest BCUT2D eigenvalue weighted by atomic mass is 9.96. The first-order valence-electron chi connectivity index (χ1n) is 13.9. The number of nitriles is 1. The van der Waals surface area contributed by atoms with Gasteiger partial charge in [0.2, 0.25) is 0 Å². The summed E-state index contributed by atoms with van der Waals surface area (Å²) >= 11 is 0. The number of ether oxygens (including phenoxy) is 1. The van der Waals surface area contributed by atoms with Gasteiger partial charge in [0.1, 0.15) is 18.7 Å². The second-order valence-electron chi connectivity index (χ2n) is 12.1. The van der Waals surface area contributed by atoms with Gasteiger partial charge in [0.25, 0.3) is 10.0 Å². The fourth-order valence-electron chi connectivity index (χ4n) is 5.31. The first kappa shape index (κ1) is 29.7. The van der Waals surface area contributed by atoms with Crippen molar-refractivity contribution < 1.29 is 18.3 Å². The molecule has 5 rings (SSSR count). The molecule has 0 aliphatic carbocycles. The van der Waals surface area contributed by atoms with E-state index in [9.17, 15) is 18.8 Å². The van der Waals surface area contributed by atoms with Crippen LogP contribution in [0.5, 0.6) is 0 Å². The number of aryl methyl sites for hydroxylation is 3. The summed E-state index contributed by atoms with van der Waals surface area (Å²) in [5.74, 6) is 0.371. The number of hydrogen-bond donors (Lipinski definition) is 1. The van der Waals surface area contributed by atoms with Gasteiger partial charge in [-0.1, -0.05) is 43.4 Å². The Kier molecular flexibility index (Phi) is 7.89. The summed E-state index contributed by atoms with van der Waals surface area (Å²) in [6.45, 7) is 13.3. The molecular formula is C32H36N4O4SSi. The van der Waals surface area contributed by atoms with Gasteiger partial charge < -0.3 is 14.4 Å². The molecule has 0 amide bonds. The molecular weight excluding hydrogens is 565 g/mol. The van der Waals surface area contributed by atoms with Crippen molar-refractivity contribution >= 4 is 40.0 Å². The minimum Gasteiger partial charge on any atom is -0.380 e. The number of benzene rings is 3. The van der Waals surface area contributed by atoms with Gasteiger partial charge in [-0.3, -0.25) is 0 Å². The minimum atomic E-state index is -3.88. The molecule has 3 aromatic carbocycles. The summed E-state index contributed by atoms with van der Waals surface area (Å²) in [6.07, 6.45) is 0.369. The van der Waals surface area contributed by atoms with E-state index >= 15 is 0 Å². The van der Waals surface area contributed by atoms with Gasteiger partial charge in [0.15, 0.2) is 0 Å². The summed E-state index contributed by atoms with van der Waals surface area (Å²) in [4.78, 5) is 4.97. The summed E-state index contributed by atoms with van der Waals surface area (Å²) < 4.78 is 36.6. The molecule has 218 valence electrons. The Morgan fingerprint density at radius 1 is 1.02 bits per heavy atom. The van der Waals surface area contributed by atoms with Crippen LogP contribution in [0.3, 0.4) is 0 Å². The lowest BCUT2D eigenvalue weighted by Crippen LogP contribution is -2.22. The Morgan fingerprint density at radius 2 is 1.74 bits per heavy atom. The highest BCUT2D eigenvalue weighted by Crippen LogP contribution is 2.36. The highest BCUT2D eigenvalue weighted by atomic mass is 32.2. The van der Waals surface area contributed by atoms with E-state index in [1.54, 1.807) is 48.7 Å². The van der Waals surface area contributed by atoms with Crippen LogP contribution in [-0.4, -0.2) is 41.7 Å². The predicted molar refractivity (Wildman–Crippen MR) is 168 cm³/mol. The van der Waals surface area contributed by atoms with Crippen molar-refractivity contribution in [2.45, 2.75) is 64.2 Å². The molecule has 0 spiro atoms. The van der Waals surface area contributed by atoms with E-state index in [-0.39, 0.29) is 11.6 Å². The van der Waals surface area contributed by atoms with Crippen LogP contribution in [0.2, 0.25) is 25.7 Å². The van der Waals surface area contributed by atoms with Crippen molar-refractivity contribution in [2.24, 2.45) is 0 Å². The zero-order valence-corrected chi connectivity index (χ0v) is 26.7. The zero-order chi connectivity index (χ0) is 30.4. The molecule has 42 heavy (non-hydrogen) atoms. The molecule has 0 aliphatic heterocycles. The van der Waals surface area contributed by atoms with E-state index < -0.39 is 24.2 Å². The molecule has 1 atom stereocenters. The molecule has 0 radical (unpaired) electrons. The first-order chi connectivity index (χ1) is 19.8. The minimum absolute atomic E-state index is 0.191. The molecule has 2 aromatic heterocycles. The van der Waals surface area contributed by atoms with Crippen LogP contribution in [0.15, 0.2) is 65.7 Å². The molecule has 5 aromatic rings. The van der Waals surface area contributed by atoms with E-state index in [4.69, 9.17) is 9.72 Å². The average Bonchev–Trinajstić information content (AvgIpc) is 3.53. The number of imidazole rings is 1.